The van der Waals surface area contributed by atoms with Crippen LogP contribution in [0.3, 0.4) is 0 Å². The molecule has 0 aliphatic carbocycles. The predicted octanol–water partition coefficient (Wildman–Crippen LogP) is 3.15. The van der Waals surface area contributed by atoms with Crippen LogP contribution in [0.4, 0.5) is 4.39 Å². The molecule has 2 unspecified atom stereocenters. The third-order valence-corrected chi connectivity index (χ3v) is 3.64. The summed E-state index contributed by atoms with van der Waals surface area (Å²) in [6.07, 6.45) is 2.49. The van der Waals surface area contributed by atoms with Crippen molar-refractivity contribution in [2.24, 2.45) is 5.92 Å². The van der Waals surface area contributed by atoms with Crippen molar-refractivity contribution in [3.63, 3.8) is 0 Å². The molecule has 94 valence electrons. The highest BCUT2D eigenvalue weighted by molar-refractivity contribution is 5.28. The Labute approximate surface area is 102 Å². The van der Waals surface area contributed by atoms with Gasteiger partial charge < -0.3 is 5.11 Å². The van der Waals surface area contributed by atoms with Gasteiger partial charge in [0.2, 0.25) is 0 Å². The van der Waals surface area contributed by atoms with E-state index in [4.69, 9.17) is 5.11 Å². The summed E-state index contributed by atoms with van der Waals surface area (Å²) in [6, 6.07) is 5.22. The number of phenolic OH excluding ortho intramolecular Hbond substituents is 1. The molecular formula is C14H20FNO. The van der Waals surface area contributed by atoms with Gasteiger partial charge in [0.1, 0.15) is 0 Å². The van der Waals surface area contributed by atoms with Gasteiger partial charge >= 0.3 is 0 Å². The Morgan fingerprint density at radius 1 is 1.35 bits per heavy atom. The fraction of sp³-hybridized carbons (Fsp3) is 0.571. The van der Waals surface area contributed by atoms with Crippen LogP contribution in [0.15, 0.2) is 18.2 Å². The van der Waals surface area contributed by atoms with Crippen LogP contribution in [0, 0.1) is 11.7 Å². The molecule has 0 bridgehead atoms. The molecule has 1 heterocycles. The van der Waals surface area contributed by atoms with Gasteiger partial charge in [0.05, 0.1) is 0 Å². The maximum absolute atomic E-state index is 13.2. The molecule has 1 aromatic carbocycles. The lowest BCUT2D eigenvalue weighted by molar-refractivity contribution is 0.117. The molecule has 0 aromatic heterocycles. The lowest BCUT2D eigenvalue weighted by atomic mass is 9.94. The quantitative estimate of drug-likeness (QED) is 0.854. The molecule has 0 amide bonds. The zero-order chi connectivity index (χ0) is 12.4. The van der Waals surface area contributed by atoms with Gasteiger partial charge in [0, 0.05) is 19.1 Å². The van der Waals surface area contributed by atoms with E-state index in [-0.39, 0.29) is 5.75 Å². The zero-order valence-electron chi connectivity index (χ0n) is 10.5. The molecule has 17 heavy (non-hydrogen) atoms. The summed E-state index contributed by atoms with van der Waals surface area (Å²) in [5.74, 6) is -0.0813. The van der Waals surface area contributed by atoms with Gasteiger partial charge in [-0.05, 0) is 43.4 Å². The van der Waals surface area contributed by atoms with Crippen molar-refractivity contribution in [2.45, 2.75) is 39.3 Å². The Bertz CT molecular complexity index is 394. The molecule has 2 nitrogen and oxygen atoms in total. The minimum atomic E-state index is -0.528. The van der Waals surface area contributed by atoms with Crippen LogP contribution < -0.4 is 0 Å². The SMILES string of the molecule is CC1CCC(C)N(Cc2ccc(O)c(F)c2)C1. The number of likely N-dealkylation sites (tertiary alicyclic amines) is 1. The molecule has 1 saturated heterocycles. The predicted molar refractivity (Wildman–Crippen MR) is 66.3 cm³/mol. The number of halogens is 1. The van der Waals surface area contributed by atoms with E-state index < -0.39 is 5.82 Å². The summed E-state index contributed by atoms with van der Waals surface area (Å²) >= 11 is 0. The van der Waals surface area contributed by atoms with Gasteiger partial charge in [-0.3, -0.25) is 4.90 Å². The molecule has 2 atom stereocenters. The molecule has 1 fully saturated rings. The number of rotatable bonds is 2. The van der Waals surface area contributed by atoms with Gasteiger partial charge in [-0.2, -0.15) is 0 Å². The number of nitrogens with zero attached hydrogens (tertiary/aromatic N) is 1. The third kappa shape index (κ3) is 2.97. The van der Waals surface area contributed by atoms with Crippen molar-refractivity contribution in [1.29, 1.82) is 0 Å². The lowest BCUT2D eigenvalue weighted by Gasteiger charge is -2.36. The molecule has 3 heteroatoms. The summed E-state index contributed by atoms with van der Waals surface area (Å²) in [5, 5.41) is 9.16. The number of aromatic hydroxyl groups is 1. The van der Waals surface area contributed by atoms with Crippen molar-refractivity contribution in [1.82, 2.24) is 4.90 Å². The average Bonchev–Trinajstić information content (AvgIpc) is 2.29. The topological polar surface area (TPSA) is 23.5 Å². The number of hydrogen-bond donors (Lipinski definition) is 1. The zero-order valence-corrected chi connectivity index (χ0v) is 10.5. The van der Waals surface area contributed by atoms with Crippen LogP contribution >= 0.6 is 0 Å². The maximum atomic E-state index is 13.2. The molecule has 1 aliphatic rings. The van der Waals surface area contributed by atoms with E-state index in [1.807, 2.05) is 0 Å². The summed E-state index contributed by atoms with van der Waals surface area (Å²) in [5.41, 5.74) is 0.932. The van der Waals surface area contributed by atoms with Crippen molar-refractivity contribution in [2.75, 3.05) is 6.54 Å². The van der Waals surface area contributed by atoms with E-state index in [1.54, 1.807) is 6.07 Å². The first kappa shape index (κ1) is 12.4. The molecule has 0 spiro atoms. The van der Waals surface area contributed by atoms with Crippen LogP contribution in [0.1, 0.15) is 32.3 Å². The smallest absolute Gasteiger partial charge is 0.165 e. The summed E-state index contributed by atoms with van der Waals surface area (Å²) in [4.78, 5) is 2.39. The Morgan fingerprint density at radius 2 is 2.12 bits per heavy atom. The second-order valence-electron chi connectivity index (χ2n) is 5.25. The van der Waals surface area contributed by atoms with E-state index in [9.17, 15) is 4.39 Å². The van der Waals surface area contributed by atoms with Crippen LogP contribution in [-0.2, 0) is 6.54 Å². The normalized spacial score (nSPS) is 26.1. The maximum Gasteiger partial charge on any atom is 0.165 e. The first-order valence-corrected chi connectivity index (χ1v) is 6.27. The van der Waals surface area contributed by atoms with Crippen molar-refractivity contribution in [3.05, 3.63) is 29.6 Å². The van der Waals surface area contributed by atoms with E-state index in [0.717, 1.165) is 18.7 Å². The average molecular weight is 237 g/mol. The largest absolute Gasteiger partial charge is 0.505 e. The number of phenols is 1. The van der Waals surface area contributed by atoms with E-state index >= 15 is 0 Å². The van der Waals surface area contributed by atoms with E-state index in [1.165, 1.54) is 25.0 Å². The molecule has 1 aliphatic heterocycles. The van der Waals surface area contributed by atoms with Gasteiger partial charge in [0.15, 0.2) is 11.6 Å². The Morgan fingerprint density at radius 3 is 2.82 bits per heavy atom. The highest BCUT2D eigenvalue weighted by atomic mass is 19.1. The second-order valence-corrected chi connectivity index (χ2v) is 5.25. The van der Waals surface area contributed by atoms with Crippen LogP contribution in [0.5, 0.6) is 5.75 Å². The van der Waals surface area contributed by atoms with E-state index in [2.05, 4.69) is 18.7 Å². The van der Waals surface area contributed by atoms with Crippen molar-refractivity contribution >= 4 is 0 Å². The highest BCUT2D eigenvalue weighted by Gasteiger charge is 2.22. The molecule has 0 saturated carbocycles. The second kappa shape index (κ2) is 5.05. The number of piperidine rings is 1. The summed E-state index contributed by atoms with van der Waals surface area (Å²) in [6.45, 7) is 6.32. The van der Waals surface area contributed by atoms with Gasteiger partial charge in [-0.1, -0.05) is 13.0 Å². The van der Waals surface area contributed by atoms with Crippen LogP contribution in [-0.4, -0.2) is 22.6 Å². The highest BCUT2D eigenvalue weighted by Crippen LogP contribution is 2.24. The van der Waals surface area contributed by atoms with Gasteiger partial charge in [-0.25, -0.2) is 4.39 Å². The first-order chi connectivity index (χ1) is 8.06. The minimum absolute atomic E-state index is 0.270. The Kier molecular flexibility index (Phi) is 3.67. The fourth-order valence-electron chi connectivity index (χ4n) is 2.48. The standard InChI is InChI=1S/C14H20FNO/c1-10-3-4-11(2)16(8-10)9-12-5-6-14(17)13(15)7-12/h5-7,10-11,17H,3-4,8-9H2,1-2H3. The molecular weight excluding hydrogens is 217 g/mol. The molecule has 1 aromatic rings. The number of benzene rings is 1. The van der Waals surface area contributed by atoms with Crippen molar-refractivity contribution < 1.29 is 9.50 Å². The van der Waals surface area contributed by atoms with E-state index in [0.29, 0.717) is 12.0 Å². The fourth-order valence-corrected chi connectivity index (χ4v) is 2.48. The minimum Gasteiger partial charge on any atom is -0.505 e. The van der Waals surface area contributed by atoms with Gasteiger partial charge in [0.25, 0.3) is 0 Å². The van der Waals surface area contributed by atoms with Gasteiger partial charge in [-0.15, -0.1) is 0 Å². The number of hydrogen-bond acceptors (Lipinski definition) is 2. The molecule has 0 radical (unpaired) electrons. The Hall–Kier alpha value is -1.09. The lowest BCUT2D eigenvalue weighted by Crippen LogP contribution is -2.40. The summed E-state index contributed by atoms with van der Waals surface area (Å²) < 4.78 is 13.2. The Balaban J connectivity index is 2.06. The van der Waals surface area contributed by atoms with Crippen molar-refractivity contribution in [3.8, 4) is 5.75 Å². The van der Waals surface area contributed by atoms with Crippen LogP contribution in [0.2, 0.25) is 0 Å². The molecule has 1 N–H and O–H groups in total. The third-order valence-electron chi connectivity index (χ3n) is 3.64. The monoisotopic (exact) mass is 237 g/mol. The summed E-state index contributed by atoms with van der Waals surface area (Å²) in [7, 11) is 0. The first-order valence-electron chi connectivity index (χ1n) is 6.27. The molecule has 2 rings (SSSR count). The van der Waals surface area contributed by atoms with Crippen LogP contribution in [0.25, 0.3) is 0 Å².